The molecule has 0 saturated heterocycles. The molecular formula is C12H15BrO2. The van der Waals surface area contributed by atoms with Crippen LogP contribution in [-0.4, -0.2) is 15.7 Å². The highest BCUT2D eigenvalue weighted by molar-refractivity contribution is 9.10. The first-order valence-corrected chi connectivity index (χ1v) is 5.92. The predicted octanol–water partition coefficient (Wildman–Crippen LogP) is 2.71. The molecule has 2 nitrogen and oxygen atoms in total. The molecule has 1 unspecified atom stereocenters. The number of carbonyl (C=O) groups excluding carboxylic acids is 1. The minimum Gasteiger partial charge on any atom is -0.392 e. The number of alkyl halides is 1. The van der Waals surface area contributed by atoms with Crippen LogP contribution in [0.4, 0.5) is 0 Å². The molecule has 0 heterocycles. The van der Waals surface area contributed by atoms with Gasteiger partial charge in [-0.2, -0.15) is 0 Å². The quantitative estimate of drug-likeness (QED) is 0.675. The van der Waals surface area contributed by atoms with E-state index in [0.717, 1.165) is 12.0 Å². The molecule has 0 radical (unpaired) electrons. The molecular weight excluding hydrogens is 256 g/mol. The Morgan fingerprint density at radius 3 is 2.67 bits per heavy atom. The SMILES string of the molecule is CCc1ccc(C(=O)C(C)Br)c(CO)c1. The van der Waals surface area contributed by atoms with Crippen molar-refractivity contribution in [1.82, 2.24) is 0 Å². The molecule has 0 aliphatic carbocycles. The highest BCUT2D eigenvalue weighted by atomic mass is 79.9. The number of ketones is 1. The third-order valence-corrected chi connectivity index (χ3v) is 2.79. The second-order valence-electron chi connectivity index (χ2n) is 3.48. The van der Waals surface area contributed by atoms with Crippen LogP contribution in [0.2, 0.25) is 0 Å². The van der Waals surface area contributed by atoms with E-state index >= 15 is 0 Å². The van der Waals surface area contributed by atoms with E-state index in [-0.39, 0.29) is 17.2 Å². The molecule has 0 amide bonds. The van der Waals surface area contributed by atoms with Gasteiger partial charge in [-0.15, -0.1) is 0 Å². The number of aliphatic hydroxyl groups is 1. The summed E-state index contributed by atoms with van der Waals surface area (Å²) in [5.74, 6) is 0.0155. The molecule has 0 saturated carbocycles. The maximum absolute atomic E-state index is 11.8. The standard InChI is InChI=1S/C12H15BrO2/c1-3-9-4-5-11(10(6-9)7-14)12(15)8(2)13/h4-6,8,14H,3,7H2,1-2H3. The summed E-state index contributed by atoms with van der Waals surface area (Å²) >= 11 is 3.24. The van der Waals surface area contributed by atoms with Crippen LogP contribution < -0.4 is 0 Å². The Hall–Kier alpha value is -0.670. The molecule has 0 spiro atoms. The van der Waals surface area contributed by atoms with Gasteiger partial charge in [0.1, 0.15) is 0 Å². The number of halogens is 1. The van der Waals surface area contributed by atoms with E-state index in [4.69, 9.17) is 0 Å². The molecule has 82 valence electrons. The molecule has 3 heteroatoms. The van der Waals surface area contributed by atoms with E-state index < -0.39 is 0 Å². The van der Waals surface area contributed by atoms with Crippen LogP contribution in [0, 0.1) is 0 Å². The number of aryl methyl sites for hydroxylation is 1. The van der Waals surface area contributed by atoms with Crippen LogP contribution in [-0.2, 0) is 13.0 Å². The number of Topliss-reactive ketones (excluding diaryl/α,β-unsaturated/α-hetero) is 1. The monoisotopic (exact) mass is 270 g/mol. The van der Waals surface area contributed by atoms with Gasteiger partial charge in [0, 0.05) is 5.56 Å². The zero-order valence-corrected chi connectivity index (χ0v) is 10.5. The second kappa shape index (κ2) is 5.42. The van der Waals surface area contributed by atoms with Crippen LogP contribution in [0.15, 0.2) is 18.2 Å². The lowest BCUT2D eigenvalue weighted by Gasteiger charge is -2.09. The van der Waals surface area contributed by atoms with Crippen LogP contribution in [0.3, 0.4) is 0 Å². The molecule has 0 aromatic heterocycles. The van der Waals surface area contributed by atoms with Gasteiger partial charge in [0.15, 0.2) is 5.78 Å². The number of aliphatic hydroxyl groups excluding tert-OH is 1. The first kappa shape index (κ1) is 12.4. The lowest BCUT2D eigenvalue weighted by molar-refractivity contribution is 0.0993. The average molecular weight is 271 g/mol. The van der Waals surface area contributed by atoms with Gasteiger partial charge in [0.2, 0.25) is 0 Å². The van der Waals surface area contributed by atoms with Crippen molar-refractivity contribution in [2.75, 3.05) is 0 Å². The summed E-state index contributed by atoms with van der Waals surface area (Å²) in [4.78, 5) is 11.6. The topological polar surface area (TPSA) is 37.3 Å². The van der Waals surface area contributed by atoms with Crippen LogP contribution >= 0.6 is 15.9 Å². The number of benzene rings is 1. The molecule has 1 aromatic rings. The van der Waals surface area contributed by atoms with E-state index in [1.165, 1.54) is 0 Å². The lowest BCUT2D eigenvalue weighted by Crippen LogP contribution is -2.13. The smallest absolute Gasteiger partial charge is 0.176 e. The largest absolute Gasteiger partial charge is 0.392 e. The van der Waals surface area contributed by atoms with E-state index in [1.807, 2.05) is 19.1 Å². The van der Waals surface area contributed by atoms with Crippen molar-refractivity contribution < 1.29 is 9.90 Å². The highest BCUT2D eigenvalue weighted by Gasteiger charge is 2.15. The molecule has 1 N–H and O–H groups in total. The summed E-state index contributed by atoms with van der Waals surface area (Å²) < 4.78 is 0. The van der Waals surface area contributed by atoms with Crippen molar-refractivity contribution >= 4 is 21.7 Å². The molecule has 1 atom stereocenters. The van der Waals surface area contributed by atoms with E-state index in [9.17, 15) is 9.90 Å². The zero-order valence-electron chi connectivity index (χ0n) is 8.96. The number of carbonyl (C=O) groups is 1. The summed E-state index contributed by atoms with van der Waals surface area (Å²) in [5.41, 5.74) is 2.46. The summed E-state index contributed by atoms with van der Waals surface area (Å²) in [6.07, 6.45) is 0.908. The Morgan fingerprint density at radius 1 is 1.53 bits per heavy atom. The van der Waals surface area contributed by atoms with Gasteiger partial charge < -0.3 is 5.11 Å². The summed E-state index contributed by atoms with van der Waals surface area (Å²) in [6.45, 7) is 3.75. The maximum atomic E-state index is 11.8. The van der Waals surface area contributed by atoms with Crippen molar-refractivity contribution in [2.24, 2.45) is 0 Å². The lowest BCUT2D eigenvalue weighted by atomic mass is 9.99. The molecule has 15 heavy (non-hydrogen) atoms. The van der Waals surface area contributed by atoms with Gasteiger partial charge in [-0.05, 0) is 24.5 Å². The normalized spacial score (nSPS) is 12.5. The molecule has 0 fully saturated rings. The summed E-state index contributed by atoms with van der Waals surface area (Å²) in [5, 5.41) is 9.20. The minimum absolute atomic E-state index is 0.0155. The molecule has 0 aliphatic rings. The maximum Gasteiger partial charge on any atom is 0.176 e. The highest BCUT2D eigenvalue weighted by Crippen LogP contribution is 2.17. The van der Waals surface area contributed by atoms with Crippen LogP contribution in [0.1, 0.15) is 35.3 Å². The fourth-order valence-electron chi connectivity index (χ4n) is 1.45. The molecule has 0 aliphatic heterocycles. The number of hydrogen-bond acceptors (Lipinski definition) is 2. The second-order valence-corrected chi connectivity index (χ2v) is 4.86. The number of hydrogen-bond donors (Lipinski definition) is 1. The van der Waals surface area contributed by atoms with Crippen molar-refractivity contribution in [1.29, 1.82) is 0 Å². The fraction of sp³-hybridized carbons (Fsp3) is 0.417. The van der Waals surface area contributed by atoms with E-state index in [2.05, 4.69) is 15.9 Å². The van der Waals surface area contributed by atoms with Crippen molar-refractivity contribution in [3.05, 3.63) is 34.9 Å². The fourth-order valence-corrected chi connectivity index (χ4v) is 1.70. The van der Waals surface area contributed by atoms with Crippen LogP contribution in [0.5, 0.6) is 0 Å². The molecule has 0 bridgehead atoms. The average Bonchev–Trinajstić information content (AvgIpc) is 2.27. The van der Waals surface area contributed by atoms with Crippen LogP contribution in [0.25, 0.3) is 0 Å². The van der Waals surface area contributed by atoms with Gasteiger partial charge in [0.25, 0.3) is 0 Å². The van der Waals surface area contributed by atoms with Crippen molar-refractivity contribution in [3.8, 4) is 0 Å². The van der Waals surface area contributed by atoms with Gasteiger partial charge in [0.05, 0.1) is 11.4 Å². The number of rotatable bonds is 4. The minimum atomic E-state index is -0.213. The van der Waals surface area contributed by atoms with E-state index in [1.54, 1.807) is 13.0 Å². The first-order valence-electron chi connectivity index (χ1n) is 5.01. The van der Waals surface area contributed by atoms with Gasteiger partial charge in [-0.1, -0.05) is 41.1 Å². The predicted molar refractivity (Wildman–Crippen MR) is 64.5 cm³/mol. The Kier molecular flexibility index (Phi) is 4.48. The Bertz CT molecular complexity index is 359. The zero-order chi connectivity index (χ0) is 11.4. The third-order valence-electron chi connectivity index (χ3n) is 2.37. The van der Waals surface area contributed by atoms with Gasteiger partial charge in [-0.25, -0.2) is 0 Å². The Labute approximate surface area is 98.4 Å². The first-order chi connectivity index (χ1) is 7.10. The molecule has 1 rings (SSSR count). The Morgan fingerprint density at radius 2 is 2.20 bits per heavy atom. The summed E-state index contributed by atoms with van der Waals surface area (Å²) in [7, 11) is 0. The van der Waals surface area contributed by atoms with Gasteiger partial charge in [-0.3, -0.25) is 4.79 Å². The molecule has 1 aromatic carbocycles. The van der Waals surface area contributed by atoms with Crippen molar-refractivity contribution in [3.63, 3.8) is 0 Å². The Balaban J connectivity index is 3.13. The third kappa shape index (κ3) is 2.89. The van der Waals surface area contributed by atoms with Crippen molar-refractivity contribution in [2.45, 2.75) is 31.7 Å². The summed E-state index contributed by atoms with van der Waals surface area (Å²) in [6, 6.07) is 5.62. The van der Waals surface area contributed by atoms with E-state index in [0.29, 0.717) is 11.1 Å². The van der Waals surface area contributed by atoms with Gasteiger partial charge >= 0.3 is 0 Å².